The van der Waals surface area contributed by atoms with Crippen molar-refractivity contribution < 1.29 is 60.2 Å². The third-order valence-corrected chi connectivity index (χ3v) is 5.65. The van der Waals surface area contributed by atoms with Gasteiger partial charge in [0.2, 0.25) is 17.6 Å². The lowest BCUT2D eigenvalue weighted by Gasteiger charge is -2.17. The van der Waals surface area contributed by atoms with Crippen molar-refractivity contribution in [3.8, 4) is 23.0 Å². The molecule has 12 nitrogen and oxygen atoms in total. The number of carbonyl (C=O) groups excluding carboxylic acids is 1. The zero-order valence-corrected chi connectivity index (χ0v) is 22.6. The number of rotatable bonds is 5. The summed E-state index contributed by atoms with van der Waals surface area (Å²) in [6.07, 6.45) is -4.44. The predicted molar refractivity (Wildman–Crippen MR) is 139 cm³/mol. The van der Waals surface area contributed by atoms with E-state index < -0.39 is 24.3 Å². The summed E-state index contributed by atoms with van der Waals surface area (Å²) in [6, 6.07) is 16.4. The Morgan fingerprint density at radius 2 is 1.47 bits per heavy atom. The minimum atomic E-state index is -5.08. The van der Waals surface area contributed by atoms with Gasteiger partial charge in [-0.2, -0.15) is 31.3 Å². The number of ether oxygens (including phenoxy) is 1. The normalized spacial score (nSPS) is 14.4. The number of carboxylic acid groups (broad SMARTS) is 2. The third-order valence-electron chi connectivity index (χ3n) is 5.65. The smallest absolute Gasteiger partial charge is 0.475 e. The molecule has 3 aromatic heterocycles. The van der Waals surface area contributed by atoms with Gasteiger partial charge in [0.15, 0.2) is 0 Å². The number of benzene rings is 1. The maximum atomic E-state index is 13.2. The van der Waals surface area contributed by atoms with Crippen LogP contribution in [0.5, 0.6) is 11.6 Å². The number of halogens is 6. The highest BCUT2D eigenvalue weighted by Crippen LogP contribution is 2.31. The van der Waals surface area contributed by atoms with Gasteiger partial charge in [-0.15, -0.1) is 0 Å². The van der Waals surface area contributed by atoms with E-state index in [0.29, 0.717) is 42.0 Å². The maximum Gasteiger partial charge on any atom is 0.490 e. The zero-order chi connectivity index (χ0) is 33.2. The molecule has 1 aliphatic heterocycles. The number of pyridine rings is 2. The molecular weight excluding hydrogens is 620 g/mol. The van der Waals surface area contributed by atoms with E-state index in [0.717, 1.165) is 12.0 Å². The highest BCUT2D eigenvalue weighted by molar-refractivity contribution is 5.96. The number of para-hydroxylation sites is 1. The van der Waals surface area contributed by atoms with Gasteiger partial charge in [-0.25, -0.2) is 14.6 Å². The largest absolute Gasteiger partial charge is 0.490 e. The average molecular weight is 641 g/mol. The van der Waals surface area contributed by atoms with Gasteiger partial charge < -0.3 is 24.4 Å². The molecule has 45 heavy (non-hydrogen) atoms. The Morgan fingerprint density at radius 1 is 0.867 bits per heavy atom. The Hall–Kier alpha value is -5.55. The number of likely N-dealkylation sites (tertiary alicyclic amines) is 1. The highest BCUT2D eigenvalue weighted by atomic mass is 19.4. The van der Waals surface area contributed by atoms with Gasteiger partial charge >= 0.3 is 24.3 Å². The molecule has 2 N–H and O–H groups in total. The van der Waals surface area contributed by atoms with Crippen LogP contribution in [0.15, 0.2) is 77.7 Å². The Morgan fingerprint density at radius 3 is 2.04 bits per heavy atom. The van der Waals surface area contributed by atoms with Gasteiger partial charge in [-0.3, -0.25) is 9.78 Å². The Labute approximate surface area is 248 Å². The fourth-order valence-corrected chi connectivity index (χ4v) is 3.57. The molecule has 1 saturated heterocycles. The number of aliphatic carboxylic acids is 2. The number of carbonyl (C=O) groups is 3. The maximum absolute atomic E-state index is 13.2. The molecular formula is C27H21F6N5O7. The van der Waals surface area contributed by atoms with Crippen molar-refractivity contribution in [1.82, 2.24) is 25.0 Å². The molecule has 1 aromatic carbocycles. The van der Waals surface area contributed by atoms with Crippen LogP contribution in [0.25, 0.3) is 11.4 Å². The number of hydrogen-bond acceptors (Lipinski definition) is 9. The van der Waals surface area contributed by atoms with Crippen LogP contribution in [0, 0.1) is 0 Å². The number of hydrogen-bond donors (Lipinski definition) is 2. The lowest BCUT2D eigenvalue weighted by molar-refractivity contribution is -0.193. The minimum absolute atomic E-state index is 0.0119. The van der Waals surface area contributed by atoms with Crippen LogP contribution in [0.2, 0.25) is 0 Å². The summed E-state index contributed by atoms with van der Waals surface area (Å²) in [5.41, 5.74) is 1.27. The lowest BCUT2D eigenvalue weighted by atomic mass is 10.1. The second-order valence-electron chi connectivity index (χ2n) is 8.81. The zero-order valence-electron chi connectivity index (χ0n) is 22.6. The van der Waals surface area contributed by atoms with E-state index in [-0.39, 0.29) is 11.8 Å². The molecule has 0 bridgehead atoms. The Kier molecular flexibility index (Phi) is 11.1. The first kappa shape index (κ1) is 33.9. The van der Waals surface area contributed by atoms with E-state index in [1.807, 2.05) is 42.5 Å². The van der Waals surface area contributed by atoms with Crippen LogP contribution in [0.3, 0.4) is 0 Å². The quantitative estimate of drug-likeness (QED) is 0.274. The summed E-state index contributed by atoms with van der Waals surface area (Å²) in [4.78, 5) is 45.5. The lowest BCUT2D eigenvalue weighted by Crippen LogP contribution is -2.29. The number of carboxylic acids is 2. The van der Waals surface area contributed by atoms with Gasteiger partial charge in [-0.05, 0) is 42.8 Å². The summed E-state index contributed by atoms with van der Waals surface area (Å²) >= 11 is 0. The van der Waals surface area contributed by atoms with Crippen molar-refractivity contribution in [3.63, 3.8) is 0 Å². The van der Waals surface area contributed by atoms with Crippen molar-refractivity contribution in [2.45, 2.75) is 24.7 Å². The van der Waals surface area contributed by atoms with Crippen LogP contribution < -0.4 is 4.74 Å². The summed E-state index contributed by atoms with van der Waals surface area (Å²) in [7, 11) is 0. The van der Waals surface area contributed by atoms with Crippen LogP contribution in [0.4, 0.5) is 26.3 Å². The first-order valence-corrected chi connectivity index (χ1v) is 12.5. The molecule has 0 spiro atoms. The molecule has 0 radical (unpaired) electrons. The van der Waals surface area contributed by atoms with E-state index in [1.54, 1.807) is 35.6 Å². The second-order valence-corrected chi connectivity index (χ2v) is 8.81. The van der Waals surface area contributed by atoms with Crippen LogP contribution >= 0.6 is 0 Å². The molecule has 4 aromatic rings. The second kappa shape index (κ2) is 14.8. The van der Waals surface area contributed by atoms with Crippen molar-refractivity contribution >= 4 is 17.8 Å². The van der Waals surface area contributed by atoms with Crippen molar-refractivity contribution in [2.24, 2.45) is 0 Å². The molecule has 1 unspecified atom stereocenters. The van der Waals surface area contributed by atoms with Crippen molar-refractivity contribution in [2.75, 3.05) is 13.1 Å². The molecule has 4 heterocycles. The summed E-state index contributed by atoms with van der Waals surface area (Å²) in [6.45, 7) is 1.09. The van der Waals surface area contributed by atoms with Gasteiger partial charge in [0, 0.05) is 37.2 Å². The first-order chi connectivity index (χ1) is 21.2. The summed E-state index contributed by atoms with van der Waals surface area (Å²) < 4.78 is 74.8. The predicted octanol–water partition coefficient (Wildman–Crippen LogP) is 5.22. The summed E-state index contributed by atoms with van der Waals surface area (Å²) in [5, 5.41) is 18.3. The van der Waals surface area contributed by atoms with E-state index in [4.69, 9.17) is 29.1 Å². The number of amides is 1. The van der Waals surface area contributed by atoms with Crippen molar-refractivity contribution in [1.29, 1.82) is 0 Å². The van der Waals surface area contributed by atoms with Gasteiger partial charge in [0.1, 0.15) is 11.3 Å². The Bertz CT molecular complexity index is 1560. The molecule has 5 rings (SSSR count). The number of aromatic nitrogens is 4. The number of nitrogens with zero attached hydrogens (tertiary/aromatic N) is 5. The van der Waals surface area contributed by atoms with Crippen LogP contribution in [0.1, 0.15) is 28.6 Å². The van der Waals surface area contributed by atoms with Gasteiger partial charge in [0.25, 0.3) is 5.91 Å². The molecule has 1 aliphatic rings. The Balaban J connectivity index is 0.000000331. The fraction of sp³-hybridized carbons (Fsp3) is 0.222. The highest BCUT2D eigenvalue weighted by Gasteiger charge is 2.39. The SMILES string of the molecule is O=C(O)C(F)(F)F.O=C(O)C(F)(F)F.O=C(c1cccnc1Oc1ccccc1)N1CCC(c2nc(-c3ccncc3)no2)C1. The monoisotopic (exact) mass is 641 g/mol. The first-order valence-electron chi connectivity index (χ1n) is 12.5. The van der Waals surface area contributed by atoms with Gasteiger partial charge in [-0.1, -0.05) is 23.4 Å². The molecule has 1 amide bonds. The molecule has 238 valence electrons. The fourth-order valence-electron chi connectivity index (χ4n) is 3.57. The number of alkyl halides is 6. The topological polar surface area (TPSA) is 169 Å². The molecule has 1 atom stereocenters. The molecule has 0 aliphatic carbocycles. The average Bonchev–Trinajstić information content (AvgIpc) is 3.69. The van der Waals surface area contributed by atoms with E-state index in [2.05, 4.69) is 20.1 Å². The molecule has 1 fully saturated rings. The molecule has 18 heteroatoms. The minimum Gasteiger partial charge on any atom is -0.475 e. The van der Waals surface area contributed by atoms with Gasteiger partial charge in [0.05, 0.1) is 5.92 Å². The van der Waals surface area contributed by atoms with Crippen LogP contribution in [-0.2, 0) is 9.59 Å². The summed E-state index contributed by atoms with van der Waals surface area (Å²) in [5.74, 6) is -3.68. The van der Waals surface area contributed by atoms with Crippen molar-refractivity contribution in [3.05, 3.63) is 84.6 Å². The molecule has 0 saturated carbocycles. The van der Waals surface area contributed by atoms with E-state index in [9.17, 15) is 31.1 Å². The third kappa shape index (κ3) is 10.0. The van der Waals surface area contributed by atoms with E-state index in [1.165, 1.54) is 0 Å². The standard InChI is InChI=1S/C23H19N5O3.2C2HF3O2/c29-23(19-7-4-11-25-22(19)30-18-5-2-1-3-6-18)28-14-10-17(15-28)21-26-20(27-31-21)16-8-12-24-13-9-16;2*3-2(4,5)1(6)7/h1-9,11-13,17H,10,14-15H2;2*(H,6,7). The van der Waals surface area contributed by atoms with E-state index >= 15 is 0 Å². The van der Waals surface area contributed by atoms with Crippen LogP contribution in [-0.4, -0.2) is 78.5 Å².